The maximum Gasteiger partial charge on any atom is 0.257 e. The third kappa shape index (κ3) is 3.09. The van der Waals surface area contributed by atoms with Crippen LogP contribution in [-0.2, 0) is 7.05 Å². The van der Waals surface area contributed by atoms with Crippen molar-refractivity contribution >= 4 is 33.8 Å². The molecule has 1 aromatic carbocycles. The minimum atomic E-state index is -0.189. The van der Waals surface area contributed by atoms with E-state index in [1.807, 2.05) is 55.0 Å². The van der Waals surface area contributed by atoms with Gasteiger partial charge in [0.15, 0.2) is 5.65 Å². The molecule has 3 aromatic heterocycles. The second-order valence-electron chi connectivity index (χ2n) is 7.28. The van der Waals surface area contributed by atoms with Gasteiger partial charge in [0.25, 0.3) is 5.91 Å². The summed E-state index contributed by atoms with van der Waals surface area (Å²) < 4.78 is 3.61. The van der Waals surface area contributed by atoms with Crippen LogP contribution in [0, 0.1) is 6.92 Å². The Hall–Kier alpha value is -3.46. The van der Waals surface area contributed by atoms with Gasteiger partial charge in [-0.25, -0.2) is 0 Å². The van der Waals surface area contributed by atoms with Crippen molar-refractivity contribution in [2.75, 3.05) is 36.4 Å². The monoisotopic (exact) mass is 390 g/mol. The average Bonchev–Trinajstić information content (AvgIpc) is 3.30. The quantitative estimate of drug-likeness (QED) is 0.552. The molecule has 1 saturated heterocycles. The molecule has 0 atom stereocenters. The highest BCUT2D eigenvalue weighted by Crippen LogP contribution is 2.29. The molecule has 0 bridgehead atoms. The van der Waals surface area contributed by atoms with Gasteiger partial charge in [0.05, 0.1) is 11.3 Å². The summed E-state index contributed by atoms with van der Waals surface area (Å²) in [7, 11) is 1.88. The van der Waals surface area contributed by atoms with E-state index in [4.69, 9.17) is 0 Å². The molecule has 0 aliphatic carbocycles. The lowest BCUT2D eigenvalue weighted by atomic mass is 10.1. The van der Waals surface area contributed by atoms with Crippen LogP contribution >= 0.6 is 0 Å². The van der Waals surface area contributed by atoms with Crippen LogP contribution in [0.1, 0.15) is 16.2 Å². The first-order chi connectivity index (χ1) is 14.1. The number of nitrogens with one attached hydrogen (secondary N) is 2. The van der Waals surface area contributed by atoms with E-state index in [2.05, 4.69) is 30.8 Å². The molecule has 4 aromatic rings. The zero-order chi connectivity index (χ0) is 20.0. The fourth-order valence-electron chi connectivity index (χ4n) is 3.85. The normalized spacial score (nSPS) is 14.6. The molecular formula is C20H22N8O. The molecule has 0 radical (unpaired) electrons. The molecule has 0 unspecified atom stereocenters. The van der Waals surface area contributed by atoms with Crippen molar-refractivity contribution in [3.05, 3.63) is 48.0 Å². The summed E-state index contributed by atoms with van der Waals surface area (Å²) in [5.74, 6) is 0.578. The zero-order valence-electron chi connectivity index (χ0n) is 16.4. The summed E-state index contributed by atoms with van der Waals surface area (Å²) in [4.78, 5) is 15.4. The lowest BCUT2D eigenvalue weighted by Crippen LogP contribution is -2.43. The van der Waals surface area contributed by atoms with E-state index in [1.54, 1.807) is 4.68 Å². The van der Waals surface area contributed by atoms with E-state index < -0.39 is 0 Å². The van der Waals surface area contributed by atoms with Gasteiger partial charge in [-0.1, -0.05) is 0 Å². The van der Waals surface area contributed by atoms with Gasteiger partial charge in [0.1, 0.15) is 11.3 Å². The summed E-state index contributed by atoms with van der Waals surface area (Å²) >= 11 is 0. The Morgan fingerprint density at radius 3 is 2.76 bits per heavy atom. The highest BCUT2D eigenvalue weighted by Gasteiger charge is 2.20. The molecule has 5 rings (SSSR count). The number of anilines is 2. The second kappa shape index (κ2) is 6.85. The van der Waals surface area contributed by atoms with E-state index in [0.29, 0.717) is 16.8 Å². The molecule has 2 N–H and O–H groups in total. The Bertz CT molecular complexity index is 1220. The third-order valence-corrected chi connectivity index (χ3v) is 5.30. The van der Waals surface area contributed by atoms with Crippen LogP contribution in [-0.4, -0.2) is 56.5 Å². The van der Waals surface area contributed by atoms with E-state index in [1.165, 1.54) is 0 Å². The number of carbonyl (C=O) groups excluding carboxylic acids is 1. The first-order valence-corrected chi connectivity index (χ1v) is 9.65. The molecule has 1 aliphatic rings. The van der Waals surface area contributed by atoms with Gasteiger partial charge < -0.3 is 15.5 Å². The fourth-order valence-corrected chi connectivity index (χ4v) is 3.85. The first-order valence-electron chi connectivity index (χ1n) is 9.65. The van der Waals surface area contributed by atoms with Gasteiger partial charge in [-0.15, -0.1) is 10.2 Å². The number of fused-ring (bicyclic) bond motifs is 2. The molecule has 1 fully saturated rings. The molecule has 4 heterocycles. The highest BCUT2D eigenvalue weighted by molar-refractivity contribution is 6.13. The SMILES string of the molecule is Cc1nnc2ccc(NC(=O)c3ccc(N4CCNCC4)c4cn(C)nc34)cn12. The van der Waals surface area contributed by atoms with E-state index in [9.17, 15) is 4.79 Å². The number of nitrogens with zero attached hydrogens (tertiary/aromatic N) is 6. The molecule has 9 nitrogen and oxygen atoms in total. The number of amides is 1. The highest BCUT2D eigenvalue weighted by atomic mass is 16.1. The van der Waals surface area contributed by atoms with E-state index in [0.717, 1.165) is 48.7 Å². The first kappa shape index (κ1) is 17.6. The number of hydrogen-bond donors (Lipinski definition) is 2. The standard InChI is InChI=1S/C20H22N8O/c1-13-23-24-18-6-3-14(11-28(13)18)22-20(29)15-4-5-17(27-9-7-21-8-10-27)16-12-26(2)25-19(15)16/h3-6,11-12,21H,7-10H2,1-2H3,(H,22,29). The average molecular weight is 390 g/mol. The number of hydrogen-bond acceptors (Lipinski definition) is 6. The largest absolute Gasteiger partial charge is 0.368 e. The smallest absolute Gasteiger partial charge is 0.257 e. The zero-order valence-corrected chi connectivity index (χ0v) is 16.4. The van der Waals surface area contributed by atoms with Crippen molar-refractivity contribution in [1.29, 1.82) is 0 Å². The number of aromatic nitrogens is 5. The Labute approximate surface area is 167 Å². The molecule has 1 amide bonds. The fraction of sp³-hybridized carbons (Fsp3) is 0.300. The van der Waals surface area contributed by atoms with Crippen LogP contribution in [0.4, 0.5) is 11.4 Å². The van der Waals surface area contributed by atoms with Crippen LogP contribution in [0.2, 0.25) is 0 Å². The minimum absolute atomic E-state index is 0.189. The van der Waals surface area contributed by atoms with Gasteiger partial charge in [-0.2, -0.15) is 5.10 Å². The second-order valence-corrected chi connectivity index (χ2v) is 7.28. The van der Waals surface area contributed by atoms with Crippen molar-refractivity contribution in [3.63, 3.8) is 0 Å². The lowest BCUT2D eigenvalue weighted by molar-refractivity contribution is 0.102. The van der Waals surface area contributed by atoms with Crippen molar-refractivity contribution in [2.24, 2.45) is 7.05 Å². The molecule has 1 aliphatic heterocycles. The van der Waals surface area contributed by atoms with Crippen molar-refractivity contribution < 1.29 is 4.79 Å². The predicted molar refractivity (Wildman–Crippen MR) is 111 cm³/mol. The maximum absolute atomic E-state index is 13.1. The topological polar surface area (TPSA) is 92.4 Å². The van der Waals surface area contributed by atoms with Crippen LogP contribution < -0.4 is 15.5 Å². The van der Waals surface area contributed by atoms with Gasteiger partial charge in [0, 0.05) is 56.7 Å². The molecule has 0 saturated carbocycles. The maximum atomic E-state index is 13.1. The van der Waals surface area contributed by atoms with Crippen molar-refractivity contribution in [2.45, 2.75) is 6.92 Å². The van der Waals surface area contributed by atoms with E-state index >= 15 is 0 Å². The van der Waals surface area contributed by atoms with Crippen LogP contribution in [0.5, 0.6) is 0 Å². The number of rotatable bonds is 3. The molecule has 0 spiro atoms. The Kier molecular flexibility index (Phi) is 4.17. The summed E-state index contributed by atoms with van der Waals surface area (Å²) in [5.41, 5.74) is 3.81. The molecule has 148 valence electrons. The number of benzene rings is 1. The van der Waals surface area contributed by atoms with E-state index in [-0.39, 0.29) is 5.91 Å². The molecule has 9 heteroatoms. The van der Waals surface area contributed by atoms with Gasteiger partial charge in [0.2, 0.25) is 0 Å². The number of aryl methyl sites for hydroxylation is 2. The lowest BCUT2D eigenvalue weighted by Gasteiger charge is -2.30. The van der Waals surface area contributed by atoms with Gasteiger partial charge >= 0.3 is 0 Å². The molecular weight excluding hydrogens is 368 g/mol. The number of piperazine rings is 1. The van der Waals surface area contributed by atoms with Crippen LogP contribution in [0.15, 0.2) is 36.7 Å². The summed E-state index contributed by atoms with van der Waals surface area (Å²) in [6, 6.07) is 7.55. The Balaban J connectivity index is 1.50. The number of pyridine rings is 1. The minimum Gasteiger partial charge on any atom is -0.368 e. The van der Waals surface area contributed by atoms with Crippen LogP contribution in [0.3, 0.4) is 0 Å². The predicted octanol–water partition coefficient (Wildman–Crippen LogP) is 1.59. The van der Waals surface area contributed by atoms with Crippen molar-refractivity contribution in [1.82, 2.24) is 29.7 Å². The number of carbonyl (C=O) groups is 1. The third-order valence-electron chi connectivity index (χ3n) is 5.30. The summed E-state index contributed by atoms with van der Waals surface area (Å²) in [6.45, 7) is 5.66. The Morgan fingerprint density at radius 2 is 1.93 bits per heavy atom. The van der Waals surface area contributed by atoms with Gasteiger partial charge in [-0.3, -0.25) is 13.9 Å². The van der Waals surface area contributed by atoms with Crippen molar-refractivity contribution in [3.8, 4) is 0 Å². The summed E-state index contributed by atoms with van der Waals surface area (Å²) in [6.07, 6.45) is 3.81. The summed E-state index contributed by atoms with van der Waals surface area (Å²) in [5, 5.41) is 20.0. The molecule has 29 heavy (non-hydrogen) atoms. The van der Waals surface area contributed by atoms with Crippen LogP contribution in [0.25, 0.3) is 16.6 Å². The Morgan fingerprint density at radius 1 is 1.10 bits per heavy atom. The van der Waals surface area contributed by atoms with Gasteiger partial charge in [-0.05, 0) is 31.2 Å².